The molecule has 0 radical (unpaired) electrons. The zero-order chi connectivity index (χ0) is 13.8. The molecule has 98 valence electrons. The molecule has 4 nitrogen and oxygen atoms in total. The number of carbonyl (C=O) groups is 2. The number of hydrogen-bond donors (Lipinski definition) is 0. The van der Waals surface area contributed by atoms with Crippen molar-refractivity contribution >= 4 is 11.8 Å². The Labute approximate surface area is 108 Å². The first-order valence-corrected chi connectivity index (χ1v) is 5.62. The van der Waals surface area contributed by atoms with Gasteiger partial charge in [-0.3, -0.25) is 4.79 Å². The normalized spacial score (nSPS) is 11.9. The second-order valence-electron chi connectivity index (χ2n) is 3.90. The van der Waals surface area contributed by atoms with Gasteiger partial charge in [0, 0.05) is 5.56 Å². The Balaban J connectivity index is 2.03. The first-order chi connectivity index (χ1) is 9.08. The highest BCUT2D eigenvalue weighted by molar-refractivity contribution is 6.01. The number of ether oxygens (including phenoxy) is 1. The second kappa shape index (κ2) is 5.48. The molecule has 1 aromatic heterocycles. The van der Waals surface area contributed by atoms with E-state index >= 15 is 0 Å². The van der Waals surface area contributed by atoms with Gasteiger partial charge in [0.05, 0.1) is 6.26 Å². The van der Waals surface area contributed by atoms with Crippen LogP contribution in [0.4, 0.5) is 4.39 Å². The molecule has 2 aromatic rings. The maximum absolute atomic E-state index is 12.7. The lowest BCUT2D eigenvalue weighted by molar-refractivity contribution is 0.0289. The predicted molar refractivity (Wildman–Crippen MR) is 64.3 cm³/mol. The molecular weight excluding hydrogens is 251 g/mol. The van der Waals surface area contributed by atoms with E-state index in [2.05, 4.69) is 0 Å². The molecule has 0 fully saturated rings. The number of benzene rings is 1. The highest BCUT2D eigenvalue weighted by Gasteiger charge is 2.21. The molecule has 0 saturated carbocycles. The first-order valence-electron chi connectivity index (χ1n) is 5.62. The fourth-order valence-corrected chi connectivity index (χ4v) is 1.52. The maximum Gasteiger partial charge on any atom is 0.374 e. The molecule has 0 spiro atoms. The Bertz CT molecular complexity index is 572. The van der Waals surface area contributed by atoms with Gasteiger partial charge in [-0.25, -0.2) is 9.18 Å². The molecule has 0 bridgehead atoms. The molecule has 0 N–H and O–H groups in total. The third-order valence-corrected chi connectivity index (χ3v) is 2.50. The summed E-state index contributed by atoms with van der Waals surface area (Å²) in [6, 6.07) is 8.02. The van der Waals surface area contributed by atoms with Gasteiger partial charge in [-0.2, -0.15) is 0 Å². The van der Waals surface area contributed by atoms with Crippen molar-refractivity contribution in [1.82, 2.24) is 0 Å². The summed E-state index contributed by atoms with van der Waals surface area (Å²) in [6.45, 7) is 1.45. The van der Waals surface area contributed by atoms with Gasteiger partial charge in [-0.1, -0.05) is 0 Å². The lowest BCUT2D eigenvalue weighted by Crippen LogP contribution is -2.24. The Morgan fingerprint density at radius 3 is 2.47 bits per heavy atom. The number of Topliss-reactive ketones (excluding diaryl/α,β-unsaturated/α-hetero) is 1. The van der Waals surface area contributed by atoms with Crippen LogP contribution in [0, 0.1) is 5.82 Å². The minimum absolute atomic E-state index is 0.0266. The van der Waals surface area contributed by atoms with Crippen LogP contribution in [0.3, 0.4) is 0 Å². The number of carbonyl (C=O) groups excluding carboxylic acids is 2. The second-order valence-corrected chi connectivity index (χ2v) is 3.90. The molecule has 19 heavy (non-hydrogen) atoms. The molecule has 1 heterocycles. The van der Waals surface area contributed by atoms with Crippen molar-refractivity contribution in [2.75, 3.05) is 0 Å². The minimum Gasteiger partial charge on any atom is -0.457 e. The number of furan rings is 1. The Morgan fingerprint density at radius 2 is 1.89 bits per heavy atom. The lowest BCUT2D eigenvalue weighted by Gasteiger charge is -2.11. The van der Waals surface area contributed by atoms with Crippen LogP contribution in [-0.2, 0) is 4.74 Å². The smallest absolute Gasteiger partial charge is 0.374 e. The summed E-state index contributed by atoms with van der Waals surface area (Å²) in [4.78, 5) is 23.5. The van der Waals surface area contributed by atoms with Crippen LogP contribution in [0.15, 0.2) is 47.1 Å². The highest BCUT2D eigenvalue weighted by Crippen LogP contribution is 2.10. The molecule has 1 atom stereocenters. The summed E-state index contributed by atoms with van der Waals surface area (Å²) >= 11 is 0. The van der Waals surface area contributed by atoms with Gasteiger partial charge in [0.2, 0.25) is 11.5 Å². The first kappa shape index (κ1) is 13.0. The molecular formula is C14H11FO4. The quantitative estimate of drug-likeness (QED) is 0.628. The molecule has 1 aromatic carbocycles. The largest absolute Gasteiger partial charge is 0.457 e. The number of rotatable bonds is 4. The van der Waals surface area contributed by atoms with Crippen molar-refractivity contribution in [3.8, 4) is 0 Å². The SMILES string of the molecule is CC(OC(=O)c1ccco1)C(=O)c1ccc(F)cc1. The average molecular weight is 262 g/mol. The maximum atomic E-state index is 12.7. The molecule has 0 aliphatic heterocycles. The molecule has 1 unspecified atom stereocenters. The van der Waals surface area contributed by atoms with E-state index in [4.69, 9.17) is 9.15 Å². The third-order valence-electron chi connectivity index (χ3n) is 2.50. The Morgan fingerprint density at radius 1 is 1.21 bits per heavy atom. The van der Waals surface area contributed by atoms with Crippen LogP contribution in [0.5, 0.6) is 0 Å². The number of halogens is 1. The van der Waals surface area contributed by atoms with Crippen molar-refractivity contribution in [1.29, 1.82) is 0 Å². The third kappa shape index (κ3) is 3.07. The van der Waals surface area contributed by atoms with E-state index in [1.54, 1.807) is 6.07 Å². The van der Waals surface area contributed by atoms with E-state index in [1.807, 2.05) is 0 Å². The lowest BCUT2D eigenvalue weighted by atomic mass is 10.1. The van der Waals surface area contributed by atoms with Gasteiger partial charge in [-0.05, 0) is 43.3 Å². The van der Waals surface area contributed by atoms with Crippen molar-refractivity contribution in [2.24, 2.45) is 0 Å². The molecule has 0 amide bonds. The van der Waals surface area contributed by atoms with Gasteiger partial charge < -0.3 is 9.15 Å². The van der Waals surface area contributed by atoms with Gasteiger partial charge in [0.1, 0.15) is 5.82 Å². The van der Waals surface area contributed by atoms with Crippen LogP contribution in [-0.4, -0.2) is 17.9 Å². The van der Waals surface area contributed by atoms with Crippen LogP contribution < -0.4 is 0 Å². The molecule has 0 saturated heterocycles. The summed E-state index contributed by atoms with van der Waals surface area (Å²) in [5.41, 5.74) is 0.279. The zero-order valence-corrected chi connectivity index (χ0v) is 10.1. The van der Waals surface area contributed by atoms with E-state index in [1.165, 1.54) is 43.5 Å². The zero-order valence-electron chi connectivity index (χ0n) is 10.1. The van der Waals surface area contributed by atoms with Crippen LogP contribution in [0.2, 0.25) is 0 Å². The number of hydrogen-bond acceptors (Lipinski definition) is 4. The molecule has 2 rings (SSSR count). The van der Waals surface area contributed by atoms with Gasteiger partial charge >= 0.3 is 5.97 Å². The van der Waals surface area contributed by atoms with E-state index < -0.39 is 23.7 Å². The fourth-order valence-electron chi connectivity index (χ4n) is 1.52. The van der Waals surface area contributed by atoms with E-state index in [9.17, 15) is 14.0 Å². The van der Waals surface area contributed by atoms with Crippen molar-refractivity contribution in [2.45, 2.75) is 13.0 Å². The van der Waals surface area contributed by atoms with Crippen molar-refractivity contribution < 1.29 is 23.1 Å². The number of ketones is 1. The van der Waals surface area contributed by atoms with Gasteiger partial charge in [0.25, 0.3) is 0 Å². The van der Waals surface area contributed by atoms with E-state index in [-0.39, 0.29) is 11.3 Å². The minimum atomic E-state index is -0.969. The summed E-state index contributed by atoms with van der Waals surface area (Å²) in [5.74, 6) is -1.52. The van der Waals surface area contributed by atoms with Crippen LogP contribution >= 0.6 is 0 Å². The summed E-state index contributed by atoms with van der Waals surface area (Å²) in [6.07, 6.45) is 0.367. The summed E-state index contributed by atoms with van der Waals surface area (Å²) in [5, 5.41) is 0. The van der Waals surface area contributed by atoms with Crippen LogP contribution in [0.25, 0.3) is 0 Å². The highest BCUT2D eigenvalue weighted by atomic mass is 19.1. The average Bonchev–Trinajstić information content (AvgIpc) is 2.92. The fraction of sp³-hybridized carbons (Fsp3) is 0.143. The Hall–Kier alpha value is -2.43. The molecule has 0 aliphatic carbocycles. The standard InChI is InChI=1S/C14H11FO4/c1-9(19-14(17)12-3-2-8-18-12)13(16)10-4-6-11(15)7-5-10/h2-9H,1H3. The van der Waals surface area contributed by atoms with Gasteiger partial charge in [0.15, 0.2) is 6.10 Å². The topological polar surface area (TPSA) is 56.5 Å². The van der Waals surface area contributed by atoms with E-state index in [0.29, 0.717) is 0 Å². The summed E-state index contributed by atoms with van der Waals surface area (Å²) < 4.78 is 22.6. The van der Waals surface area contributed by atoms with Crippen LogP contribution in [0.1, 0.15) is 27.8 Å². The molecule has 5 heteroatoms. The van der Waals surface area contributed by atoms with E-state index in [0.717, 1.165) is 0 Å². The predicted octanol–water partition coefficient (Wildman–Crippen LogP) is 2.85. The summed E-state index contributed by atoms with van der Waals surface area (Å²) in [7, 11) is 0. The van der Waals surface area contributed by atoms with Gasteiger partial charge in [-0.15, -0.1) is 0 Å². The van der Waals surface area contributed by atoms with Crippen molar-refractivity contribution in [3.63, 3.8) is 0 Å². The van der Waals surface area contributed by atoms with Crippen molar-refractivity contribution in [3.05, 3.63) is 59.8 Å². The monoisotopic (exact) mass is 262 g/mol. The number of esters is 1. The molecule has 0 aliphatic rings. The Kier molecular flexibility index (Phi) is 3.75.